The van der Waals surface area contributed by atoms with Crippen molar-refractivity contribution in [2.75, 3.05) is 32.7 Å². The van der Waals surface area contributed by atoms with E-state index < -0.39 is 0 Å². The molecular weight excluding hydrogens is 442 g/mol. The van der Waals surface area contributed by atoms with Crippen molar-refractivity contribution in [3.05, 3.63) is 47.1 Å². The van der Waals surface area contributed by atoms with Gasteiger partial charge in [-0.3, -0.25) is 14.8 Å². The standard InChI is InChI=1S/C23H26ClN7S/c1-16(2)30-11-8-29(9-12-30)10-13-31-23-19(21(28-31)17-6-4-3-5-7-17)20(24)22(26-27-23)18-14-25-15-32-18/h3-7,14-16H,8-13H2,1-2H3. The van der Waals surface area contributed by atoms with Crippen LogP contribution in [-0.4, -0.2) is 73.5 Å². The van der Waals surface area contributed by atoms with Gasteiger partial charge in [0.05, 0.1) is 27.3 Å². The second-order valence-corrected chi connectivity index (χ2v) is 9.60. The number of piperazine rings is 1. The number of aromatic nitrogens is 5. The molecule has 1 saturated heterocycles. The average molecular weight is 468 g/mol. The van der Waals surface area contributed by atoms with E-state index in [2.05, 4.69) is 51.0 Å². The number of hydrogen-bond acceptors (Lipinski definition) is 7. The lowest BCUT2D eigenvalue weighted by Gasteiger charge is -2.36. The lowest BCUT2D eigenvalue weighted by atomic mass is 10.1. The highest BCUT2D eigenvalue weighted by molar-refractivity contribution is 7.13. The van der Waals surface area contributed by atoms with Crippen molar-refractivity contribution in [1.29, 1.82) is 0 Å². The van der Waals surface area contributed by atoms with Crippen LogP contribution in [0.5, 0.6) is 0 Å². The molecule has 4 heterocycles. The summed E-state index contributed by atoms with van der Waals surface area (Å²) in [7, 11) is 0. The largest absolute Gasteiger partial charge is 0.299 e. The molecule has 5 rings (SSSR count). The van der Waals surface area contributed by atoms with E-state index in [0.29, 0.717) is 16.8 Å². The Morgan fingerprint density at radius 1 is 1.00 bits per heavy atom. The van der Waals surface area contributed by atoms with Crippen LogP contribution in [-0.2, 0) is 6.54 Å². The maximum absolute atomic E-state index is 6.90. The maximum atomic E-state index is 6.90. The van der Waals surface area contributed by atoms with Crippen molar-refractivity contribution in [1.82, 2.24) is 34.8 Å². The van der Waals surface area contributed by atoms with Gasteiger partial charge >= 0.3 is 0 Å². The summed E-state index contributed by atoms with van der Waals surface area (Å²) in [4.78, 5) is 10.1. The summed E-state index contributed by atoms with van der Waals surface area (Å²) in [5, 5.41) is 15.4. The van der Waals surface area contributed by atoms with Crippen LogP contribution in [0.1, 0.15) is 13.8 Å². The predicted octanol–water partition coefficient (Wildman–Crippen LogP) is 4.30. The first-order chi connectivity index (χ1) is 15.6. The summed E-state index contributed by atoms with van der Waals surface area (Å²) in [6.07, 6.45) is 1.77. The van der Waals surface area contributed by atoms with Crippen molar-refractivity contribution < 1.29 is 0 Å². The van der Waals surface area contributed by atoms with Gasteiger partial charge in [-0.2, -0.15) is 5.10 Å². The van der Waals surface area contributed by atoms with E-state index in [1.165, 1.54) is 11.3 Å². The summed E-state index contributed by atoms with van der Waals surface area (Å²) >= 11 is 8.41. The molecular formula is C23H26ClN7S. The summed E-state index contributed by atoms with van der Waals surface area (Å²) in [5.41, 5.74) is 5.02. The van der Waals surface area contributed by atoms with Gasteiger partial charge in [0.25, 0.3) is 0 Å². The topological polar surface area (TPSA) is 63.0 Å². The van der Waals surface area contributed by atoms with Crippen molar-refractivity contribution >= 4 is 34.0 Å². The molecule has 0 aliphatic carbocycles. The second kappa shape index (κ2) is 9.23. The van der Waals surface area contributed by atoms with Gasteiger partial charge in [-0.25, -0.2) is 4.68 Å². The highest BCUT2D eigenvalue weighted by atomic mass is 35.5. The molecule has 0 amide bonds. The normalized spacial score (nSPS) is 15.8. The lowest BCUT2D eigenvalue weighted by Crippen LogP contribution is -2.49. The Hall–Kier alpha value is -2.39. The van der Waals surface area contributed by atoms with Gasteiger partial charge < -0.3 is 0 Å². The summed E-state index contributed by atoms with van der Waals surface area (Å²) < 4.78 is 1.96. The molecule has 1 aliphatic rings. The smallest absolute Gasteiger partial charge is 0.182 e. The van der Waals surface area contributed by atoms with Crippen LogP contribution in [0.3, 0.4) is 0 Å². The Morgan fingerprint density at radius 2 is 1.78 bits per heavy atom. The van der Waals surface area contributed by atoms with Gasteiger partial charge in [0.2, 0.25) is 0 Å². The van der Waals surface area contributed by atoms with Crippen LogP contribution in [0.25, 0.3) is 32.9 Å². The summed E-state index contributed by atoms with van der Waals surface area (Å²) in [5.74, 6) is 0. The number of nitrogens with zero attached hydrogens (tertiary/aromatic N) is 7. The van der Waals surface area contributed by atoms with Crippen LogP contribution < -0.4 is 0 Å². The molecule has 0 spiro atoms. The third-order valence-corrected chi connectivity index (χ3v) is 7.22. The van der Waals surface area contributed by atoms with E-state index in [-0.39, 0.29) is 0 Å². The molecule has 7 nitrogen and oxygen atoms in total. The maximum Gasteiger partial charge on any atom is 0.182 e. The first kappa shape index (κ1) is 21.5. The number of benzene rings is 1. The molecule has 166 valence electrons. The second-order valence-electron chi connectivity index (χ2n) is 8.34. The van der Waals surface area contributed by atoms with Crippen molar-refractivity contribution in [3.63, 3.8) is 0 Å². The monoisotopic (exact) mass is 467 g/mol. The molecule has 0 radical (unpaired) electrons. The molecule has 4 aromatic rings. The highest BCUT2D eigenvalue weighted by Gasteiger charge is 2.23. The summed E-state index contributed by atoms with van der Waals surface area (Å²) in [6.45, 7) is 10.6. The quantitative estimate of drug-likeness (QED) is 0.421. The minimum Gasteiger partial charge on any atom is -0.299 e. The Labute approximate surface area is 196 Å². The van der Waals surface area contributed by atoms with Crippen LogP contribution >= 0.6 is 22.9 Å². The first-order valence-corrected chi connectivity index (χ1v) is 12.2. The van der Waals surface area contributed by atoms with Crippen LogP contribution in [0, 0.1) is 0 Å². The fourth-order valence-corrected chi connectivity index (χ4v) is 5.18. The van der Waals surface area contributed by atoms with E-state index in [1.54, 1.807) is 11.7 Å². The van der Waals surface area contributed by atoms with E-state index in [4.69, 9.17) is 16.7 Å². The Morgan fingerprint density at radius 3 is 2.47 bits per heavy atom. The fraction of sp³-hybridized carbons (Fsp3) is 0.391. The van der Waals surface area contributed by atoms with E-state index in [0.717, 1.165) is 66.4 Å². The Kier molecular flexibility index (Phi) is 6.19. The third kappa shape index (κ3) is 4.15. The summed E-state index contributed by atoms with van der Waals surface area (Å²) in [6, 6.07) is 10.7. The van der Waals surface area contributed by atoms with Gasteiger partial charge in [0, 0.05) is 50.5 Å². The first-order valence-electron chi connectivity index (χ1n) is 10.9. The molecule has 0 N–H and O–H groups in total. The van der Waals surface area contributed by atoms with Crippen molar-refractivity contribution in [2.45, 2.75) is 26.4 Å². The van der Waals surface area contributed by atoms with Crippen LogP contribution in [0.2, 0.25) is 5.02 Å². The molecule has 1 aliphatic heterocycles. The Balaban J connectivity index is 1.48. The molecule has 1 aromatic carbocycles. The highest BCUT2D eigenvalue weighted by Crippen LogP contribution is 2.38. The molecule has 0 unspecified atom stereocenters. The third-order valence-electron chi connectivity index (χ3n) is 6.08. The van der Waals surface area contributed by atoms with E-state index >= 15 is 0 Å². The number of hydrogen-bond donors (Lipinski definition) is 0. The van der Waals surface area contributed by atoms with Crippen LogP contribution in [0.4, 0.5) is 0 Å². The molecule has 0 atom stereocenters. The number of halogens is 1. The van der Waals surface area contributed by atoms with Gasteiger partial charge in [0.15, 0.2) is 5.65 Å². The zero-order valence-corrected chi connectivity index (χ0v) is 19.9. The zero-order valence-electron chi connectivity index (χ0n) is 18.3. The lowest BCUT2D eigenvalue weighted by molar-refractivity contribution is 0.105. The predicted molar refractivity (Wildman–Crippen MR) is 130 cm³/mol. The SMILES string of the molecule is CC(C)N1CCN(CCn2nc(-c3ccccc3)c3c(Cl)c(-c4cncs4)nnc32)CC1. The fourth-order valence-electron chi connectivity index (χ4n) is 4.20. The zero-order chi connectivity index (χ0) is 22.1. The van der Waals surface area contributed by atoms with Gasteiger partial charge in [-0.15, -0.1) is 21.5 Å². The molecule has 32 heavy (non-hydrogen) atoms. The van der Waals surface area contributed by atoms with E-state index in [9.17, 15) is 0 Å². The minimum absolute atomic E-state index is 0.579. The molecule has 0 bridgehead atoms. The average Bonchev–Trinajstić information content (AvgIpc) is 3.47. The van der Waals surface area contributed by atoms with E-state index in [1.807, 2.05) is 22.9 Å². The number of rotatable bonds is 6. The Bertz CT molecular complexity index is 1180. The molecule has 9 heteroatoms. The van der Waals surface area contributed by atoms with Crippen LogP contribution in [0.15, 0.2) is 42.0 Å². The van der Waals surface area contributed by atoms with Gasteiger partial charge in [-0.1, -0.05) is 41.9 Å². The number of thiazole rings is 1. The minimum atomic E-state index is 0.579. The van der Waals surface area contributed by atoms with Crippen molar-refractivity contribution in [3.8, 4) is 21.8 Å². The molecule has 0 saturated carbocycles. The van der Waals surface area contributed by atoms with Gasteiger partial charge in [-0.05, 0) is 13.8 Å². The van der Waals surface area contributed by atoms with Gasteiger partial charge in [0.1, 0.15) is 11.4 Å². The number of fused-ring (bicyclic) bond motifs is 1. The molecule has 3 aromatic heterocycles. The van der Waals surface area contributed by atoms with Crippen molar-refractivity contribution in [2.24, 2.45) is 0 Å². The molecule has 1 fully saturated rings.